The lowest BCUT2D eigenvalue weighted by atomic mass is 10.3. The van der Waals surface area contributed by atoms with Crippen molar-refractivity contribution in [1.29, 1.82) is 0 Å². The molecular weight excluding hydrogens is 172 g/mol. The lowest BCUT2D eigenvalue weighted by Gasteiger charge is -2.19. The molecule has 0 nitrogen and oxygen atoms in total. The molecular formula is C9H14S2. The second-order valence-corrected chi connectivity index (χ2v) is 5.54. The molecule has 62 valence electrons. The summed E-state index contributed by atoms with van der Waals surface area (Å²) in [6.45, 7) is 0. The second-order valence-electron chi connectivity index (χ2n) is 2.62. The van der Waals surface area contributed by atoms with Crippen LogP contribution in [-0.4, -0.2) is 16.1 Å². The molecule has 0 atom stereocenters. The minimum absolute atomic E-state index is 0.845. The molecule has 1 aliphatic heterocycles. The predicted octanol–water partition coefficient (Wildman–Crippen LogP) is 2.99. The molecule has 2 heteroatoms. The summed E-state index contributed by atoms with van der Waals surface area (Å²) in [5, 5.41) is 0. The van der Waals surface area contributed by atoms with E-state index >= 15 is 0 Å². The van der Waals surface area contributed by atoms with Gasteiger partial charge in [0.05, 0.1) is 4.58 Å². The normalized spacial score (nSPS) is 19.5. The summed E-state index contributed by atoms with van der Waals surface area (Å²) in [5.41, 5.74) is 0. The van der Waals surface area contributed by atoms with E-state index in [1.165, 1.54) is 30.8 Å². The van der Waals surface area contributed by atoms with E-state index in [0.29, 0.717) is 0 Å². The predicted molar refractivity (Wildman–Crippen MR) is 56.0 cm³/mol. The van der Waals surface area contributed by atoms with Crippen LogP contribution in [0, 0.1) is 12.3 Å². The third-order valence-electron chi connectivity index (χ3n) is 1.66. The SMILES string of the molecule is C#CCCCC1SCCCS1. The first kappa shape index (κ1) is 9.35. The van der Waals surface area contributed by atoms with Crippen molar-refractivity contribution in [1.82, 2.24) is 0 Å². The summed E-state index contributed by atoms with van der Waals surface area (Å²) in [4.78, 5) is 0. The zero-order chi connectivity index (χ0) is 7.94. The van der Waals surface area contributed by atoms with Crippen LogP contribution >= 0.6 is 23.5 Å². The zero-order valence-corrected chi connectivity index (χ0v) is 8.35. The fraction of sp³-hybridized carbons (Fsp3) is 0.778. The molecule has 1 fully saturated rings. The van der Waals surface area contributed by atoms with Crippen molar-refractivity contribution in [2.24, 2.45) is 0 Å². The Morgan fingerprint density at radius 2 is 2.09 bits per heavy atom. The number of unbranched alkanes of at least 4 members (excludes halogenated alkanes) is 1. The number of terminal acetylenes is 1. The Hall–Kier alpha value is 0.260. The van der Waals surface area contributed by atoms with Crippen molar-refractivity contribution in [3.05, 3.63) is 0 Å². The fourth-order valence-corrected chi connectivity index (χ4v) is 4.03. The van der Waals surface area contributed by atoms with E-state index in [0.717, 1.165) is 11.0 Å². The molecule has 0 spiro atoms. The molecule has 1 aliphatic rings. The first-order chi connectivity index (χ1) is 5.43. The average Bonchev–Trinajstić information content (AvgIpc) is 2.07. The molecule has 0 aromatic carbocycles. The van der Waals surface area contributed by atoms with Gasteiger partial charge in [-0.3, -0.25) is 0 Å². The first-order valence-electron chi connectivity index (χ1n) is 4.10. The molecule has 0 aliphatic carbocycles. The van der Waals surface area contributed by atoms with Crippen LogP contribution in [0.3, 0.4) is 0 Å². The van der Waals surface area contributed by atoms with Crippen LogP contribution in [0.5, 0.6) is 0 Å². The molecule has 1 rings (SSSR count). The van der Waals surface area contributed by atoms with Crippen molar-refractivity contribution < 1.29 is 0 Å². The Morgan fingerprint density at radius 1 is 1.36 bits per heavy atom. The van der Waals surface area contributed by atoms with Gasteiger partial charge < -0.3 is 0 Å². The topological polar surface area (TPSA) is 0 Å². The van der Waals surface area contributed by atoms with Crippen molar-refractivity contribution >= 4 is 23.5 Å². The third-order valence-corrected chi connectivity index (χ3v) is 4.74. The summed E-state index contributed by atoms with van der Waals surface area (Å²) in [6, 6.07) is 0. The van der Waals surface area contributed by atoms with Gasteiger partial charge in [0.1, 0.15) is 0 Å². The van der Waals surface area contributed by atoms with Crippen molar-refractivity contribution in [2.75, 3.05) is 11.5 Å². The van der Waals surface area contributed by atoms with Crippen LogP contribution in [0.15, 0.2) is 0 Å². The van der Waals surface area contributed by atoms with Crippen LogP contribution in [0.2, 0.25) is 0 Å². The second kappa shape index (κ2) is 5.85. The maximum absolute atomic E-state index is 5.18. The Bertz CT molecular complexity index is 131. The molecule has 0 N–H and O–H groups in total. The van der Waals surface area contributed by atoms with Gasteiger partial charge in [-0.15, -0.1) is 35.9 Å². The van der Waals surface area contributed by atoms with Crippen molar-refractivity contribution in [3.8, 4) is 12.3 Å². The zero-order valence-electron chi connectivity index (χ0n) is 6.71. The highest BCUT2D eigenvalue weighted by atomic mass is 32.2. The van der Waals surface area contributed by atoms with Crippen LogP contribution in [-0.2, 0) is 0 Å². The number of rotatable bonds is 3. The minimum atomic E-state index is 0.845. The Morgan fingerprint density at radius 3 is 2.73 bits per heavy atom. The van der Waals surface area contributed by atoms with Crippen molar-refractivity contribution in [3.63, 3.8) is 0 Å². The van der Waals surface area contributed by atoms with Gasteiger partial charge in [-0.25, -0.2) is 0 Å². The Labute approximate surface area is 77.9 Å². The molecule has 0 saturated carbocycles. The maximum atomic E-state index is 5.18. The Balaban J connectivity index is 2.01. The molecule has 0 aromatic heterocycles. The average molecular weight is 186 g/mol. The minimum Gasteiger partial charge on any atom is -0.148 e. The van der Waals surface area contributed by atoms with Gasteiger partial charge in [0, 0.05) is 6.42 Å². The summed E-state index contributed by atoms with van der Waals surface area (Å²) in [6.07, 6.45) is 10.0. The van der Waals surface area contributed by atoms with Crippen molar-refractivity contribution in [2.45, 2.75) is 30.3 Å². The van der Waals surface area contributed by atoms with Crippen LogP contribution in [0.1, 0.15) is 25.7 Å². The molecule has 0 radical (unpaired) electrons. The van der Waals surface area contributed by atoms with Gasteiger partial charge in [-0.05, 0) is 30.8 Å². The maximum Gasteiger partial charge on any atom is 0.0502 e. The molecule has 1 saturated heterocycles. The highest BCUT2D eigenvalue weighted by Crippen LogP contribution is 2.33. The monoisotopic (exact) mass is 186 g/mol. The van der Waals surface area contributed by atoms with E-state index < -0.39 is 0 Å². The Kier molecular flexibility index (Phi) is 4.97. The van der Waals surface area contributed by atoms with Gasteiger partial charge in [-0.1, -0.05) is 0 Å². The van der Waals surface area contributed by atoms with E-state index in [1.54, 1.807) is 0 Å². The fourth-order valence-electron chi connectivity index (χ4n) is 1.07. The lowest BCUT2D eigenvalue weighted by molar-refractivity contribution is 0.812. The van der Waals surface area contributed by atoms with Gasteiger partial charge in [0.25, 0.3) is 0 Å². The standard InChI is InChI=1S/C9H14S2/c1-2-3-4-6-9-10-7-5-8-11-9/h1,9H,3-8H2. The molecule has 1 heterocycles. The largest absolute Gasteiger partial charge is 0.148 e. The quantitative estimate of drug-likeness (QED) is 0.491. The summed E-state index contributed by atoms with van der Waals surface area (Å²) < 4.78 is 0.845. The smallest absolute Gasteiger partial charge is 0.0502 e. The van der Waals surface area contributed by atoms with Gasteiger partial charge in [0.15, 0.2) is 0 Å². The van der Waals surface area contributed by atoms with E-state index in [1.807, 2.05) is 0 Å². The number of hydrogen-bond donors (Lipinski definition) is 0. The summed E-state index contributed by atoms with van der Waals surface area (Å²) in [5.74, 6) is 5.40. The third kappa shape index (κ3) is 3.98. The van der Waals surface area contributed by atoms with E-state index in [2.05, 4.69) is 29.4 Å². The highest BCUT2D eigenvalue weighted by molar-refractivity contribution is 8.17. The van der Waals surface area contributed by atoms with E-state index in [9.17, 15) is 0 Å². The van der Waals surface area contributed by atoms with Gasteiger partial charge >= 0.3 is 0 Å². The highest BCUT2D eigenvalue weighted by Gasteiger charge is 2.12. The van der Waals surface area contributed by atoms with Crippen LogP contribution in [0.4, 0.5) is 0 Å². The lowest BCUT2D eigenvalue weighted by Crippen LogP contribution is -2.05. The van der Waals surface area contributed by atoms with E-state index in [4.69, 9.17) is 6.42 Å². The van der Waals surface area contributed by atoms with Crippen LogP contribution < -0.4 is 0 Å². The van der Waals surface area contributed by atoms with E-state index in [-0.39, 0.29) is 0 Å². The van der Waals surface area contributed by atoms with Gasteiger partial charge in [-0.2, -0.15) is 0 Å². The molecule has 0 unspecified atom stereocenters. The molecule has 11 heavy (non-hydrogen) atoms. The van der Waals surface area contributed by atoms with Crippen LogP contribution in [0.25, 0.3) is 0 Å². The summed E-state index contributed by atoms with van der Waals surface area (Å²) >= 11 is 4.22. The molecule has 0 bridgehead atoms. The van der Waals surface area contributed by atoms with Gasteiger partial charge in [0.2, 0.25) is 0 Å². The first-order valence-corrected chi connectivity index (χ1v) is 6.20. The summed E-state index contributed by atoms with van der Waals surface area (Å²) in [7, 11) is 0. The number of hydrogen-bond acceptors (Lipinski definition) is 2. The molecule has 0 amide bonds. The molecule has 0 aromatic rings. The number of thioether (sulfide) groups is 2.